The molecule has 1 aromatic rings. The van der Waals surface area contributed by atoms with E-state index in [0.29, 0.717) is 22.7 Å². The van der Waals surface area contributed by atoms with Crippen LogP contribution in [0.25, 0.3) is 0 Å². The second-order valence-electron chi connectivity index (χ2n) is 4.57. The van der Waals surface area contributed by atoms with Crippen LogP contribution in [0.2, 0.25) is 5.15 Å². The number of aryl methyl sites for hydroxylation is 1. The van der Waals surface area contributed by atoms with Crippen LogP contribution in [0.1, 0.15) is 32.4 Å². The van der Waals surface area contributed by atoms with E-state index in [2.05, 4.69) is 4.98 Å². The van der Waals surface area contributed by atoms with E-state index in [1.165, 1.54) is 18.7 Å². The molecule has 0 radical (unpaired) electrons. The van der Waals surface area contributed by atoms with Crippen molar-refractivity contribution in [1.29, 1.82) is 0 Å². The lowest BCUT2D eigenvalue weighted by atomic mass is 10.1. The number of ether oxygens (including phenoxy) is 2. The number of thiocarbonyl (C=S) groups is 1. The van der Waals surface area contributed by atoms with Crippen LogP contribution in [0.4, 0.5) is 0 Å². The number of thioether (sulfide) groups is 1. The molecule has 7 heteroatoms. The van der Waals surface area contributed by atoms with Crippen molar-refractivity contribution >= 4 is 45.9 Å². The molecular weight excluding hydrogens is 342 g/mol. The number of carbonyl (C=O) groups is 1. The summed E-state index contributed by atoms with van der Waals surface area (Å²) in [7, 11) is 0. The van der Waals surface area contributed by atoms with Crippen molar-refractivity contribution in [2.24, 2.45) is 0 Å². The van der Waals surface area contributed by atoms with E-state index in [4.69, 9.17) is 33.3 Å². The highest BCUT2D eigenvalue weighted by Gasteiger charge is 2.15. The molecule has 0 saturated heterocycles. The van der Waals surface area contributed by atoms with Gasteiger partial charge in [0.15, 0.2) is 0 Å². The van der Waals surface area contributed by atoms with Crippen LogP contribution >= 0.6 is 35.6 Å². The van der Waals surface area contributed by atoms with E-state index >= 15 is 0 Å². The van der Waals surface area contributed by atoms with Crippen LogP contribution in [-0.2, 0) is 20.7 Å². The minimum absolute atomic E-state index is 0.0853. The molecule has 0 N–H and O–H groups in total. The first-order chi connectivity index (χ1) is 10.5. The molecule has 4 nitrogen and oxygen atoms in total. The first kappa shape index (κ1) is 19.2. The normalized spacial score (nSPS) is 11.8. The summed E-state index contributed by atoms with van der Waals surface area (Å²) in [6.45, 7) is 4.16. The monoisotopic (exact) mass is 361 g/mol. The number of carbonyl (C=O) groups excluding carboxylic acids is 1. The highest BCUT2D eigenvalue weighted by molar-refractivity contribution is 8.23. The Morgan fingerprint density at radius 3 is 2.86 bits per heavy atom. The molecule has 0 saturated carbocycles. The van der Waals surface area contributed by atoms with Gasteiger partial charge in [-0.1, -0.05) is 29.4 Å². The molecule has 0 fully saturated rings. The van der Waals surface area contributed by atoms with Crippen molar-refractivity contribution in [2.45, 2.75) is 38.4 Å². The topological polar surface area (TPSA) is 48.4 Å². The van der Waals surface area contributed by atoms with Crippen molar-refractivity contribution < 1.29 is 14.3 Å². The molecular formula is C15H20ClNO3S2. The van der Waals surface area contributed by atoms with E-state index in [1.54, 1.807) is 6.07 Å². The minimum atomic E-state index is -0.288. The third kappa shape index (κ3) is 8.56. The summed E-state index contributed by atoms with van der Waals surface area (Å²) in [5.41, 5.74) is 0.955. The van der Waals surface area contributed by atoms with E-state index < -0.39 is 0 Å². The maximum Gasteiger partial charge on any atom is 0.302 e. The van der Waals surface area contributed by atoms with Crippen LogP contribution in [0, 0.1) is 0 Å². The van der Waals surface area contributed by atoms with Gasteiger partial charge in [-0.05, 0) is 50.5 Å². The highest BCUT2D eigenvalue weighted by atomic mass is 35.5. The van der Waals surface area contributed by atoms with Crippen LogP contribution in [0.3, 0.4) is 0 Å². The lowest BCUT2D eigenvalue weighted by molar-refractivity contribution is -0.140. The van der Waals surface area contributed by atoms with Crippen LogP contribution in [-0.4, -0.2) is 33.8 Å². The number of hydrogen-bond acceptors (Lipinski definition) is 6. The predicted molar refractivity (Wildman–Crippen MR) is 94.4 cm³/mol. The van der Waals surface area contributed by atoms with Gasteiger partial charge in [0.2, 0.25) is 4.38 Å². The molecule has 22 heavy (non-hydrogen) atoms. The summed E-state index contributed by atoms with van der Waals surface area (Å²) in [6, 6.07) is 5.59. The zero-order chi connectivity index (χ0) is 16.4. The van der Waals surface area contributed by atoms with Gasteiger partial charge >= 0.3 is 5.97 Å². The molecule has 0 aliphatic heterocycles. The summed E-state index contributed by atoms with van der Waals surface area (Å²) in [6.07, 6.45) is 2.57. The van der Waals surface area contributed by atoms with Crippen LogP contribution in [0.5, 0.6) is 0 Å². The van der Waals surface area contributed by atoms with Crippen molar-refractivity contribution in [1.82, 2.24) is 4.98 Å². The Bertz CT molecular complexity index is 499. The second kappa shape index (κ2) is 10.8. The minimum Gasteiger partial charge on any atom is -0.479 e. The summed E-state index contributed by atoms with van der Waals surface area (Å²) < 4.78 is 10.9. The third-order valence-electron chi connectivity index (χ3n) is 2.73. The maximum atomic E-state index is 11.0. The Morgan fingerprint density at radius 2 is 2.23 bits per heavy atom. The van der Waals surface area contributed by atoms with Crippen molar-refractivity contribution in [3.63, 3.8) is 0 Å². The number of halogens is 1. The number of rotatable bonds is 8. The number of pyridine rings is 1. The fourth-order valence-electron chi connectivity index (χ4n) is 1.77. The summed E-state index contributed by atoms with van der Waals surface area (Å²) in [4.78, 5) is 15.2. The molecule has 1 atom stereocenters. The van der Waals surface area contributed by atoms with Gasteiger partial charge in [0.25, 0.3) is 0 Å². The fraction of sp³-hybridized carbons (Fsp3) is 0.533. The Balaban J connectivity index is 2.45. The Morgan fingerprint density at radius 1 is 1.45 bits per heavy atom. The molecule has 1 unspecified atom stereocenters. The maximum absolute atomic E-state index is 11.0. The number of hydrogen-bond donors (Lipinski definition) is 0. The fourth-order valence-corrected chi connectivity index (χ4v) is 3.36. The molecule has 0 aliphatic carbocycles. The zero-order valence-electron chi connectivity index (χ0n) is 12.7. The van der Waals surface area contributed by atoms with E-state index in [-0.39, 0.29) is 11.2 Å². The first-order valence-corrected chi connectivity index (χ1v) is 8.76. The molecule has 1 rings (SSSR count). The van der Waals surface area contributed by atoms with Gasteiger partial charge in [0, 0.05) is 17.9 Å². The van der Waals surface area contributed by atoms with Crippen molar-refractivity contribution in [3.05, 3.63) is 29.0 Å². The first-order valence-electron chi connectivity index (χ1n) is 7.09. The zero-order valence-corrected chi connectivity index (χ0v) is 15.1. The number of aromatic nitrogens is 1. The molecule has 122 valence electrons. The lowest BCUT2D eigenvalue weighted by Gasteiger charge is -2.16. The van der Waals surface area contributed by atoms with Gasteiger partial charge in [0.1, 0.15) is 11.8 Å². The molecule has 1 heterocycles. The average molecular weight is 362 g/mol. The second-order valence-corrected chi connectivity index (χ2v) is 6.86. The quantitative estimate of drug-likeness (QED) is 0.395. The summed E-state index contributed by atoms with van der Waals surface area (Å²) in [5.74, 6) is -0.288. The summed E-state index contributed by atoms with van der Waals surface area (Å²) in [5, 5.41) is 0.586. The Kier molecular flexibility index (Phi) is 9.43. The molecule has 0 aliphatic rings. The Hall–Kier alpha value is -0.850. The lowest BCUT2D eigenvalue weighted by Crippen LogP contribution is -2.17. The average Bonchev–Trinajstić information content (AvgIpc) is 2.45. The Labute approximate surface area is 145 Å². The molecule has 0 spiro atoms. The SMILES string of the molecule is CCOC(=S)SC(CCCc1cccc(Cl)n1)COC(C)=O. The molecule has 0 amide bonds. The molecule has 1 aromatic heterocycles. The van der Waals surface area contributed by atoms with Gasteiger partial charge in [-0.3, -0.25) is 4.79 Å². The van der Waals surface area contributed by atoms with Gasteiger partial charge < -0.3 is 9.47 Å². The van der Waals surface area contributed by atoms with Gasteiger partial charge in [-0.2, -0.15) is 0 Å². The summed E-state index contributed by atoms with van der Waals surface area (Å²) >= 11 is 12.4. The van der Waals surface area contributed by atoms with Crippen LogP contribution in [0.15, 0.2) is 18.2 Å². The number of esters is 1. The van der Waals surface area contributed by atoms with Crippen molar-refractivity contribution in [2.75, 3.05) is 13.2 Å². The van der Waals surface area contributed by atoms with E-state index in [1.807, 2.05) is 19.1 Å². The van der Waals surface area contributed by atoms with Gasteiger partial charge in [-0.15, -0.1) is 0 Å². The smallest absolute Gasteiger partial charge is 0.302 e. The van der Waals surface area contributed by atoms with E-state index in [0.717, 1.165) is 25.0 Å². The van der Waals surface area contributed by atoms with Crippen molar-refractivity contribution in [3.8, 4) is 0 Å². The standard InChI is InChI=1S/C15H20ClNO3S2/c1-3-19-15(21)22-13(10-20-11(2)18)8-4-6-12-7-5-9-14(16)17-12/h5,7,9,13H,3-4,6,8,10H2,1-2H3. The molecule has 0 aromatic carbocycles. The highest BCUT2D eigenvalue weighted by Crippen LogP contribution is 2.21. The van der Waals surface area contributed by atoms with Gasteiger partial charge in [0.05, 0.1) is 6.61 Å². The molecule has 0 bridgehead atoms. The van der Waals surface area contributed by atoms with Gasteiger partial charge in [-0.25, -0.2) is 4.98 Å². The van der Waals surface area contributed by atoms with Crippen LogP contribution < -0.4 is 0 Å². The predicted octanol–water partition coefficient (Wildman–Crippen LogP) is 4.04. The third-order valence-corrected chi connectivity index (χ3v) is 4.36. The largest absolute Gasteiger partial charge is 0.479 e. The number of nitrogens with zero attached hydrogens (tertiary/aromatic N) is 1. The van der Waals surface area contributed by atoms with E-state index in [9.17, 15) is 4.79 Å².